The zero-order chi connectivity index (χ0) is 29.0. The standard InChI is InChI=1S/C34H40BrNO2SSi/c1-6-8-27-39(37)36(25-7-2)31(23-22-29-16-15-17-30(35)28-29)24-26-38-40(34(3,4)5,32-18-11-9-12-19-32)33-20-13-10-14-21-33/h2,9-21,28,31H,6,8,24-27H2,1,3-5H3/t31-,39+/m0/s1. The summed E-state index contributed by atoms with van der Waals surface area (Å²) >= 11 is 2.30. The van der Waals surface area contributed by atoms with Crippen LogP contribution in [0, 0.1) is 24.2 Å². The molecule has 0 bridgehead atoms. The van der Waals surface area contributed by atoms with E-state index < -0.39 is 19.7 Å². The Morgan fingerprint density at radius 1 is 1.00 bits per heavy atom. The lowest BCUT2D eigenvalue weighted by Gasteiger charge is -2.43. The normalized spacial score (nSPS) is 13.2. The average molecular weight is 635 g/mol. The molecule has 0 N–H and O–H groups in total. The predicted octanol–water partition coefficient (Wildman–Crippen LogP) is 6.53. The Hall–Kier alpha value is -2.29. The summed E-state index contributed by atoms with van der Waals surface area (Å²) in [7, 11) is -2.70. The van der Waals surface area contributed by atoms with Gasteiger partial charge in [0.25, 0.3) is 8.32 Å². The van der Waals surface area contributed by atoms with E-state index in [4.69, 9.17) is 10.8 Å². The van der Waals surface area contributed by atoms with E-state index in [-0.39, 0.29) is 17.6 Å². The number of rotatable bonds is 12. The molecule has 0 saturated heterocycles. The summed E-state index contributed by atoms with van der Waals surface area (Å²) in [5.74, 6) is 10.0. The highest BCUT2D eigenvalue weighted by atomic mass is 79.9. The Kier molecular flexibility index (Phi) is 12.6. The van der Waals surface area contributed by atoms with Crippen LogP contribution in [0.4, 0.5) is 0 Å². The summed E-state index contributed by atoms with van der Waals surface area (Å²) < 4.78 is 23.4. The minimum Gasteiger partial charge on any atom is -0.598 e. The molecule has 3 aromatic rings. The van der Waals surface area contributed by atoms with Gasteiger partial charge in [-0.3, -0.25) is 0 Å². The number of terminal acetylenes is 1. The molecule has 6 heteroatoms. The van der Waals surface area contributed by atoms with Crippen LogP contribution >= 0.6 is 15.9 Å². The molecule has 0 aliphatic carbocycles. The first-order valence-corrected chi connectivity index (χ1v) is 17.8. The summed E-state index contributed by atoms with van der Waals surface area (Å²) in [6, 6.07) is 28.8. The van der Waals surface area contributed by atoms with E-state index in [2.05, 4.69) is 110 Å². The third-order valence-electron chi connectivity index (χ3n) is 6.86. The summed E-state index contributed by atoms with van der Waals surface area (Å²) in [5, 5.41) is 2.34. The molecule has 40 heavy (non-hydrogen) atoms. The van der Waals surface area contributed by atoms with E-state index in [1.807, 2.05) is 40.7 Å². The molecule has 3 nitrogen and oxygen atoms in total. The molecule has 3 rings (SSSR count). The van der Waals surface area contributed by atoms with E-state index in [1.54, 1.807) is 0 Å². The van der Waals surface area contributed by atoms with Crippen LogP contribution in [0.2, 0.25) is 5.04 Å². The molecule has 0 spiro atoms. The van der Waals surface area contributed by atoms with Crippen LogP contribution in [-0.4, -0.2) is 42.1 Å². The summed E-state index contributed by atoms with van der Waals surface area (Å²) in [6.45, 7) is 9.66. The van der Waals surface area contributed by atoms with Crippen LogP contribution in [0.15, 0.2) is 89.4 Å². The fraction of sp³-hybridized carbons (Fsp3) is 0.353. The topological polar surface area (TPSA) is 35.5 Å². The van der Waals surface area contributed by atoms with Crippen LogP contribution in [0.1, 0.15) is 52.5 Å². The van der Waals surface area contributed by atoms with Gasteiger partial charge in [-0.05, 0) is 40.0 Å². The molecule has 0 amide bonds. The molecule has 0 radical (unpaired) electrons. The lowest BCUT2D eigenvalue weighted by molar-refractivity contribution is 0.260. The van der Waals surface area contributed by atoms with Crippen molar-refractivity contribution in [1.29, 1.82) is 0 Å². The van der Waals surface area contributed by atoms with Crippen molar-refractivity contribution in [2.24, 2.45) is 0 Å². The highest BCUT2D eigenvalue weighted by Gasteiger charge is 2.50. The van der Waals surface area contributed by atoms with Gasteiger partial charge in [-0.25, -0.2) is 0 Å². The highest BCUT2D eigenvalue weighted by molar-refractivity contribution is 9.10. The molecule has 210 valence electrons. The Bertz CT molecular complexity index is 1260. The number of hydrogen-bond acceptors (Lipinski definition) is 3. The van der Waals surface area contributed by atoms with E-state index in [0.29, 0.717) is 18.8 Å². The van der Waals surface area contributed by atoms with Crippen molar-refractivity contribution in [2.45, 2.75) is 58.0 Å². The molecule has 2 atom stereocenters. The van der Waals surface area contributed by atoms with Crippen molar-refractivity contribution in [2.75, 3.05) is 18.9 Å². The Morgan fingerprint density at radius 3 is 2.15 bits per heavy atom. The maximum atomic E-state index is 13.4. The second kappa shape index (κ2) is 15.6. The largest absolute Gasteiger partial charge is 0.598 e. The van der Waals surface area contributed by atoms with Crippen LogP contribution in [-0.2, 0) is 15.8 Å². The molecule has 3 aromatic carbocycles. The van der Waals surface area contributed by atoms with Crippen molar-refractivity contribution in [3.8, 4) is 24.2 Å². The van der Waals surface area contributed by atoms with Gasteiger partial charge in [0.2, 0.25) is 0 Å². The first kappa shape index (κ1) is 32.2. The molecule has 0 aliphatic rings. The predicted molar refractivity (Wildman–Crippen MR) is 176 cm³/mol. The molecule has 0 fully saturated rings. The minimum absolute atomic E-state index is 0.129. The molecule has 0 aromatic heterocycles. The van der Waals surface area contributed by atoms with Gasteiger partial charge in [0.1, 0.15) is 18.3 Å². The van der Waals surface area contributed by atoms with Crippen molar-refractivity contribution in [3.05, 3.63) is 95.0 Å². The second-order valence-electron chi connectivity index (χ2n) is 10.8. The average Bonchev–Trinajstić information content (AvgIpc) is 2.95. The first-order chi connectivity index (χ1) is 19.2. The smallest absolute Gasteiger partial charge is 0.261 e. The lowest BCUT2D eigenvalue weighted by Crippen LogP contribution is -2.66. The maximum Gasteiger partial charge on any atom is 0.261 e. The highest BCUT2D eigenvalue weighted by Crippen LogP contribution is 2.37. The van der Waals surface area contributed by atoms with E-state index >= 15 is 0 Å². The van der Waals surface area contributed by atoms with Gasteiger partial charge in [-0.2, -0.15) is 0 Å². The van der Waals surface area contributed by atoms with Gasteiger partial charge >= 0.3 is 0 Å². The lowest BCUT2D eigenvalue weighted by atomic mass is 10.1. The molecule has 0 saturated carbocycles. The van der Waals surface area contributed by atoms with Crippen molar-refractivity contribution >= 4 is 46.0 Å². The van der Waals surface area contributed by atoms with Crippen LogP contribution < -0.4 is 10.4 Å². The Balaban J connectivity index is 1.99. The quantitative estimate of drug-likeness (QED) is 0.129. The molecule has 0 heterocycles. The molecular weight excluding hydrogens is 594 g/mol. The van der Waals surface area contributed by atoms with E-state index in [1.165, 1.54) is 10.4 Å². The Labute approximate surface area is 254 Å². The van der Waals surface area contributed by atoms with Crippen LogP contribution in [0.3, 0.4) is 0 Å². The fourth-order valence-corrected chi connectivity index (χ4v) is 11.3. The molecule has 0 unspecified atom stereocenters. The summed E-state index contributed by atoms with van der Waals surface area (Å²) in [4.78, 5) is 0. The Morgan fingerprint density at radius 2 is 1.62 bits per heavy atom. The third-order valence-corrected chi connectivity index (χ3v) is 13.9. The number of halogens is 1. The minimum atomic E-state index is -2.70. The first-order valence-electron chi connectivity index (χ1n) is 13.8. The van der Waals surface area contributed by atoms with Gasteiger partial charge in [-0.15, -0.1) is 10.7 Å². The summed E-state index contributed by atoms with van der Waals surface area (Å²) in [6.07, 6.45) is 8.20. The maximum absolute atomic E-state index is 13.4. The van der Waals surface area contributed by atoms with Crippen molar-refractivity contribution in [1.82, 2.24) is 4.31 Å². The van der Waals surface area contributed by atoms with Gasteiger partial charge in [0, 0.05) is 34.4 Å². The number of unbranched alkanes of at least 4 members (excludes halogenated alkanes) is 1. The summed E-state index contributed by atoms with van der Waals surface area (Å²) in [5.41, 5.74) is 0.896. The third kappa shape index (κ3) is 8.36. The molecule has 0 aliphatic heterocycles. The zero-order valence-electron chi connectivity index (χ0n) is 24.0. The zero-order valence-corrected chi connectivity index (χ0v) is 27.4. The van der Waals surface area contributed by atoms with E-state index in [0.717, 1.165) is 22.9 Å². The number of hydrogen-bond donors (Lipinski definition) is 0. The monoisotopic (exact) mass is 633 g/mol. The number of benzene rings is 3. The second-order valence-corrected chi connectivity index (χ2v) is 17.5. The SMILES string of the molecule is C#CCN([C@@H](C#Cc1cccc(Br)c1)CCO[Si](c1ccccc1)(c1ccccc1)C(C)(C)C)[S@+]([O-])CCCC. The van der Waals surface area contributed by atoms with E-state index in [9.17, 15) is 4.55 Å². The van der Waals surface area contributed by atoms with Gasteiger partial charge in [-0.1, -0.05) is 135 Å². The van der Waals surface area contributed by atoms with Crippen LogP contribution in [0.5, 0.6) is 0 Å². The fourth-order valence-electron chi connectivity index (χ4n) is 4.91. The van der Waals surface area contributed by atoms with Crippen LogP contribution in [0.25, 0.3) is 0 Å². The molecular formula is C34H40BrNO2SSi. The number of nitrogens with zero attached hydrogens (tertiary/aromatic N) is 1. The van der Waals surface area contributed by atoms with Crippen molar-refractivity contribution < 1.29 is 8.98 Å². The van der Waals surface area contributed by atoms with Gasteiger partial charge < -0.3 is 8.98 Å². The van der Waals surface area contributed by atoms with Gasteiger partial charge in [0.15, 0.2) is 0 Å². The van der Waals surface area contributed by atoms with Crippen molar-refractivity contribution in [3.63, 3.8) is 0 Å². The van der Waals surface area contributed by atoms with Gasteiger partial charge in [0.05, 0.1) is 0 Å².